The zero-order valence-corrected chi connectivity index (χ0v) is 11.5. The van der Waals surface area contributed by atoms with Gasteiger partial charge in [-0.15, -0.1) is 0 Å². The second kappa shape index (κ2) is 6.89. The molecule has 1 aromatic carbocycles. The predicted molar refractivity (Wildman–Crippen MR) is 74.1 cm³/mol. The molecule has 4 nitrogen and oxygen atoms in total. The second-order valence-electron chi connectivity index (χ2n) is 4.58. The third kappa shape index (κ3) is 4.65. The number of benzene rings is 1. The van der Waals surface area contributed by atoms with Gasteiger partial charge in [-0.1, -0.05) is 0 Å². The van der Waals surface area contributed by atoms with E-state index in [2.05, 4.69) is 10.6 Å². The average molecular weight is 250 g/mol. The Hall–Kier alpha value is -1.71. The minimum Gasteiger partial charge on any atom is -0.497 e. The molecule has 4 heteroatoms. The first-order valence-corrected chi connectivity index (χ1v) is 6.21. The molecule has 0 fully saturated rings. The first-order valence-electron chi connectivity index (χ1n) is 6.21. The predicted octanol–water partition coefficient (Wildman–Crippen LogP) is 2.33. The number of carbonyl (C=O) groups is 1. The summed E-state index contributed by atoms with van der Waals surface area (Å²) >= 11 is 0. The molecule has 0 aliphatic carbocycles. The topological polar surface area (TPSA) is 50.4 Å². The summed E-state index contributed by atoms with van der Waals surface area (Å²) in [4.78, 5) is 11.5. The molecule has 0 heterocycles. The molecule has 1 rings (SSSR count). The maximum Gasteiger partial charge on any atom is 0.221 e. The van der Waals surface area contributed by atoms with Crippen molar-refractivity contribution in [1.82, 2.24) is 5.32 Å². The molecule has 0 spiro atoms. The summed E-state index contributed by atoms with van der Waals surface area (Å²) in [5, 5.41) is 6.11. The summed E-state index contributed by atoms with van der Waals surface area (Å²) in [6, 6.07) is 6.04. The van der Waals surface area contributed by atoms with Crippen molar-refractivity contribution >= 4 is 11.6 Å². The highest BCUT2D eigenvalue weighted by atomic mass is 16.5. The van der Waals surface area contributed by atoms with E-state index in [9.17, 15) is 4.79 Å². The van der Waals surface area contributed by atoms with E-state index >= 15 is 0 Å². The van der Waals surface area contributed by atoms with Crippen LogP contribution in [0.15, 0.2) is 18.2 Å². The van der Waals surface area contributed by atoms with Crippen molar-refractivity contribution in [3.8, 4) is 5.75 Å². The van der Waals surface area contributed by atoms with Crippen LogP contribution in [0.2, 0.25) is 0 Å². The van der Waals surface area contributed by atoms with Gasteiger partial charge in [0.15, 0.2) is 0 Å². The van der Waals surface area contributed by atoms with Crippen LogP contribution in [-0.2, 0) is 4.79 Å². The van der Waals surface area contributed by atoms with Gasteiger partial charge < -0.3 is 15.4 Å². The fraction of sp³-hybridized carbons (Fsp3) is 0.500. The summed E-state index contributed by atoms with van der Waals surface area (Å²) in [5.41, 5.74) is 2.15. The molecule has 0 radical (unpaired) electrons. The van der Waals surface area contributed by atoms with Crippen molar-refractivity contribution in [2.24, 2.45) is 0 Å². The number of anilines is 1. The first-order chi connectivity index (χ1) is 8.52. The molecule has 0 atom stereocenters. The van der Waals surface area contributed by atoms with E-state index in [1.54, 1.807) is 7.11 Å². The van der Waals surface area contributed by atoms with Crippen LogP contribution in [0.5, 0.6) is 5.75 Å². The molecule has 18 heavy (non-hydrogen) atoms. The lowest BCUT2D eigenvalue weighted by atomic mass is 10.2. The monoisotopic (exact) mass is 250 g/mol. The van der Waals surface area contributed by atoms with Crippen LogP contribution < -0.4 is 15.4 Å². The Morgan fingerprint density at radius 2 is 2.11 bits per heavy atom. The number of aryl methyl sites for hydroxylation is 1. The van der Waals surface area contributed by atoms with Crippen molar-refractivity contribution in [1.29, 1.82) is 0 Å². The molecule has 0 unspecified atom stereocenters. The van der Waals surface area contributed by atoms with Crippen LogP contribution in [0.1, 0.15) is 25.8 Å². The highest BCUT2D eigenvalue weighted by molar-refractivity contribution is 5.76. The number of ether oxygens (including phenoxy) is 1. The number of carbonyl (C=O) groups excluding carboxylic acids is 1. The third-order valence-corrected chi connectivity index (χ3v) is 2.55. The highest BCUT2D eigenvalue weighted by Gasteiger charge is 2.04. The summed E-state index contributed by atoms with van der Waals surface area (Å²) in [6.45, 7) is 6.56. The lowest BCUT2D eigenvalue weighted by molar-refractivity contribution is -0.121. The van der Waals surface area contributed by atoms with Crippen molar-refractivity contribution in [3.63, 3.8) is 0 Å². The standard InChI is InChI=1S/C14H22N2O2/c1-10(2)16-14(17)7-8-15-13-6-5-12(18-4)9-11(13)3/h5-6,9-10,15H,7-8H2,1-4H3,(H,16,17). The Balaban J connectivity index is 2.42. The largest absolute Gasteiger partial charge is 0.497 e. The highest BCUT2D eigenvalue weighted by Crippen LogP contribution is 2.20. The van der Waals surface area contributed by atoms with Crippen LogP contribution in [0.4, 0.5) is 5.69 Å². The number of nitrogens with one attached hydrogen (secondary N) is 2. The van der Waals surface area contributed by atoms with E-state index in [-0.39, 0.29) is 11.9 Å². The second-order valence-corrected chi connectivity index (χ2v) is 4.58. The quantitative estimate of drug-likeness (QED) is 0.814. The Kier molecular flexibility index (Phi) is 5.49. The van der Waals surface area contributed by atoms with E-state index in [4.69, 9.17) is 4.74 Å². The van der Waals surface area contributed by atoms with Gasteiger partial charge in [-0.05, 0) is 44.5 Å². The van der Waals surface area contributed by atoms with Gasteiger partial charge in [-0.2, -0.15) is 0 Å². The normalized spacial score (nSPS) is 10.3. The maximum atomic E-state index is 11.5. The molecule has 0 aliphatic heterocycles. The Morgan fingerprint density at radius 3 is 2.67 bits per heavy atom. The Morgan fingerprint density at radius 1 is 1.39 bits per heavy atom. The van der Waals surface area contributed by atoms with E-state index in [0.717, 1.165) is 17.0 Å². The number of amides is 1. The van der Waals surface area contributed by atoms with E-state index in [1.165, 1.54) is 0 Å². The van der Waals surface area contributed by atoms with E-state index in [0.29, 0.717) is 13.0 Å². The maximum absolute atomic E-state index is 11.5. The minimum absolute atomic E-state index is 0.0728. The number of rotatable bonds is 6. The summed E-state index contributed by atoms with van der Waals surface area (Å²) in [7, 11) is 1.65. The summed E-state index contributed by atoms with van der Waals surface area (Å²) in [6.07, 6.45) is 0.476. The van der Waals surface area contributed by atoms with E-state index in [1.807, 2.05) is 39.0 Å². The lowest BCUT2D eigenvalue weighted by Gasteiger charge is -2.12. The van der Waals surface area contributed by atoms with Gasteiger partial charge in [0.05, 0.1) is 7.11 Å². The minimum atomic E-state index is 0.0728. The van der Waals surface area contributed by atoms with Crippen molar-refractivity contribution in [3.05, 3.63) is 23.8 Å². The molecule has 1 aromatic rings. The smallest absolute Gasteiger partial charge is 0.221 e. The van der Waals surface area contributed by atoms with Crippen LogP contribution in [0.3, 0.4) is 0 Å². The zero-order valence-electron chi connectivity index (χ0n) is 11.5. The molecule has 0 saturated heterocycles. The molecule has 0 saturated carbocycles. The van der Waals surface area contributed by atoms with E-state index < -0.39 is 0 Å². The third-order valence-electron chi connectivity index (χ3n) is 2.55. The van der Waals surface area contributed by atoms with Crippen LogP contribution in [0.25, 0.3) is 0 Å². The molecule has 1 amide bonds. The number of hydrogen-bond donors (Lipinski definition) is 2. The van der Waals surface area contributed by atoms with Crippen molar-refractivity contribution in [2.45, 2.75) is 33.2 Å². The molecule has 100 valence electrons. The summed E-state index contributed by atoms with van der Waals surface area (Å²) in [5.74, 6) is 0.916. The SMILES string of the molecule is COc1ccc(NCCC(=O)NC(C)C)c(C)c1. The molecular formula is C14H22N2O2. The fourth-order valence-electron chi connectivity index (χ4n) is 1.67. The van der Waals surface area contributed by atoms with Gasteiger partial charge in [0, 0.05) is 24.7 Å². The van der Waals surface area contributed by atoms with Crippen LogP contribution in [0, 0.1) is 6.92 Å². The van der Waals surface area contributed by atoms with Gasteiger partial charge in [0.25, 0.3) is 0 Å². The molecule has 0 aliphatic rings. The molecule has 0 aromatic heterocycles. The van der Waals surface area contributed by atoms with Gasteiger partial charge in [0.1, 0.15) is 5.75 Å². The molecule has 0 bridgehead atoms. The van der Waals surface area contributed by atoms with Crippen molar-refractivity contribution in [2.75, 3.05) is 19.0 Å². The molecule has 2 N–H and O–H groups in total. The van der Waals surface area contributed by atoms with Gasteiger partial charge in [-0.25, -0.2) is 0 Å². The van der Waals surface area contributed by atoms with Gasteiger partial charge in [-0.3, -0.25) is 4.79 Å². The zero-order chi connectivity index (χ0) is 13.5. The summed E-state index contributed by atoms with van der Waals surface area (Å²) < 4.78 is 5.14. The fourth-order valence-corrected chi connectivity index (χ4v) is 1.67. The van der Waals surface area contributed by atoms with Crippen molar-refractivity contribution < 1.29 is 9.53 Å². The number of methoxy groups -OCH3 is 1. The molecular weight excluding hydrogens is 228 g/mol. The first kappa shape index (κ1) is 14.4. The lowest BCUT2D eigenvalue weighted by Crippen LogP contribution is -2.31. The van der Waals surface area contributed by atoms with Gasteiger partial charge >= 0.3 is 0 Å². The Bertz CT molecular complexity index is 403. The Labute approximate surface area is 109 Å². The number of hydrogen-bond acceptors (Lipinski definition) is 3. The van der Waals surface area contributed by atoms with Crippen LogP contribution >= 0.6 is 0 Å². The van der Waals surface area contributed by atoms with Crippen LogP contribution in [-0.4, -0.2) is 25.6 Å². The van der Waals surface area contributed by atoms with Gasteiger partial charge in [0.2, 0.25) is 5.91 Å². The average Bonchev–Trinajstić information content (AvgIpc) is 2.30.